The van der Waals surface area contributed by atoms with E-state index in [4.69, 9.17) is 28.4 Å². The molecule has 0 atom stereocenters. The van der Waals surface area contributed by atoms with Crippen molar-refractivity contribution in [1.82, 2.24) is 9.13 Å². The monoisotopic (exact) mass is 894 g/mol. The number of aryl methyl sites for hydroxylation is 2. The fourth-order valence-electron chi connectivity index (χ4n) is 6.82. The number of carbonyl (C=O) groups is 4. The molecule has 0 spiro atoms. The summed E-state index contributed by atoms with van der Waals surface area (Å²) in [6.45, 7) is 0.608. The van der Waals surface area contributed by atoms with E-state index in [1.54, 1.807) is 67.1 Å². The van der Waals surface area contributed by atoms with Crippen molar-refractivity contribution in [3.05, 3.63) is 192 Å². The maximum atomic E-state index is 12.5. The Kier molecular flexibility index (Phi) is 16.9. The van der Waals surface area contributed by atoms with Crippen LogP contribution < -0.4 is 18.6 Å². The highest BCUT2D eigenvalue weighted by Gasteiger charge is 2.21. The van der Waals surface area contributed by atoms with Gasteiger partial charge in [0, 0.05) is 22.9 Å². The third-order valence-electron chi connectivity index (χ3n) is 10.0. The van der Waals surface area contributed by atoms with Crippen molar-refractivity contribution in [3.63, 3.8) is 0 Å². The van der Waals surface area contributed by atoms with Crippen LogP contribution in [0.3, 0.4) is 0 Å². The summed E-state index contributed by atoms with van der Waals surface area (Å²) in [4.78, 5) is 49.6. The largest absolute Gasteiger partial charge is 0.489 e. The normalized spacial score (nSPS) is 10.4. The summed E-state index contributed by atoms with van der Waals surface area (Å²) in [5.41, 5.74) is 4.98. The molecule has 0 saturated heterocycles. The molecule has 14 nitrogen and oxygen atoms in total. The lowest BCUT2D eigenvalue weighted by Gasteiger charge is -2.11. The highest BCUT2D eigenvalue weighted by atomic mass is 16.6. The summed E-state index contributed by atoms with van der Waals surface area (Å²) < 4.78 is 39.3. The van der Waals surface area contributed by atoms with E-state index < -0.39 is 23.9 Å². The van der Waals surface area contributed by atoms with Gasteiger partial charge in [0.2, 0.25) is 0 Å². The maximum Gasteiger partial charge on any atom is 0.354 e. The molecule has 0 bridgehead atoms. The lowest BCUT2D eigenvalue weighted by molar-refractivity contribution is -0.671. The van der Waals surface area contributed by atoms with Crippen molar-refractivity contribution in [2.75, 3.05) is 14.2 Å². The molecule has 0 aliphatic carbocycles. The molecule has 0 amide bonds. The summed E-state index contributed by atoms with van der Waals surface area (Å²) in [6, 6.07) is 41.0. The van der Waals surface area contributed by atoms with Crippen LogP contribution in [-0.4, -0.2) is 47.2 Å². The molecule has 0 unspecified atom stereocenters. The van der Waals surface area contributed by atoms with Gasteiger partial charge in [-0.25, -0.2) is 28.3 Å². The van der Waals surface area contributed by atoms with Gasteiger partial charge >= 0.3 is 23.9 Å². The zero-order chi connectivity index (χ0) is 45.0. The molecule has 0 radical (unpaired) electrons. The fraction of sp³-hybridized carbons (Fsp3) is 0.192. The lowest BCUT2D eigenvalue weighted by Crippen LogP contribution is -2.28. The van der Waals surface area contributed by atoms with Crippen LogP contribution in [0.15, 0.2) is 158 Å². The quantitative estimate of drug-likeness (QED) is 0.0593. The van der Waals surface area contributed by atoms with Gasteiger partial charge in [-0.05, 0) is 71.8 Å². The fourth-order valence-corrected chi connectivity index (χ4v) is 6.82. The van der Waals surface area contributed by atoms with Gasteiger partial charge in [-0.15, -0.1) is 0 Å². The smallest absolute Gasteiger partial charge is 0.354 e. The number of rotatable bonds is 14. The summed E-state index contributed by atoms with van der Waals surface area (Å²) in [5.74, 6) is -0.666. The van der Waals surface area contributed by atoms with Gasteiger partial charge < -0.3 is 37.6 Å². The molecule has 340 valence electrons. The molecule has 14 heteroatoms. The number of aromatic nitrogens is 4. The zero-order valence-corrected chi connectivity index (χ0v) is 35.7. The van der Waals surface area contributed by atoms with Crippen molar-refractivity contribution in [1.29, 1.82) is 0 Å². The predicted molar refractivity (Wildman–Crippen MR) is 248 cm³/mol. The Morgan fingerprint density at radius 1 is 0.485 bits per heavy atom. The van der Waals surface area contributed by atoms with Gasteiger partial charge in [0.25, 0.3) is 0 Å². The molecule has 8 rings (SSSR count). The standard InChI is InChI=1S/2C25H23N2O5.2CH4/c2*1-26-12-6-9-19(15-26)24(28)32-17-27-22-11-10-21(31-16-18-7-4-3-5-8-18)13-20(22)14-23(27)25(29)30-2;;/h2*3-15H,16-17H2,1-2H3;2*1H4/q2*+1;;. The molecule has 4 aromatic carbocycles. The number of carbonyl (C=O) groups excluding carboxylic acids is 4. The first-order chi connectivity index (χ1) is 31.1. The van der Waals surface area contributed by atoms with Gasteiger partial charge in [0.1, 0.15) is 61.3 Å². The van der Waals surface area contributed by atoms with Crippen LogP contribution >= 0.6 is 0 Å². The Labute approximate surface area is 383 Å². The van der Waals surface area contributed by atoms with Crippen molar-refractivity contribution in [3.8, 4) is 11.5 Å². The number of fused-ring (bicyclic) bond motifs is 2. The molecule has 0 fully saturated rings. The average Bonchev–Trinajstić information content (AvgIpc) is 3.88. The van der Waals surface area contributed by atoms with E-state index in [0.29, 0.717) is 35.8 Å². The number of benzene rings is 4. The zero-order valence-electron chi connectivity index (χ0n) is 35.7. The Bertz CT molecular complexity index is 2730. The van der Waals surface area contributed by atoms with Crippen molar-refractivity contribution >= 4 is 45.7 Å². The minimum Gasteiger partial charge on any atom is -0.489 e. The van der Waals surface area contributed by atoms with Crippen LogP contribution in [0, 0.1) is 0 Å². The lowest BCUT2D eigenvalue weighted by atomic mass is 10.2. The van der Waals surface area contributed by atoms with Crippen LogP contribution in [0.25, 0.3) is 21.8 Å². The molecule has 4 heterocycles. The number of esters is 4. The third-order valence-corrected chi connectivity index (χ3v) is 10.0. The van der Waals surface area contributed by atoms with Gasteiger partial charge in [-0.3, -0.25) is 0 Å². The number of ether oxygens (including phenoxy) is 6. The third kappa shape index (κ3) is 12.0. The number of pyridine rings is 2. The van der Waals surface area contributed by atoms with E-state index in [9.17, 15) is 19.2 Å². The van der Waals surface area contributed by atoms with E-state index in [2.05, 4.69) is 0 Å². The SMILES string of the molecule is C.C.COC(=O)c1cc2cc(OCc3ccccc3)ccc2n1COC(=O)c1ccc[n+](C)c1.COC(=O)c1cc2cc(OCc3ccccc3)ccc2n1COC(=O)c1ccc[n+](C)c1. The molecule has 0 N–H and O–H groups in total. The second kappa shape index (κ2) is 22.9. The highest BCUT2D eigenvalue weighted by molar-refractivity contribution is 5.97. The minimum absolute atomic E-state index is 0. The van der Waals surface area contributed by atoms with Crippen LogP contribution in [0.1, 0.15) is 67.7 Å². The first kappa shape index (κ1) is 48.8. The Morgan fingerprint density at radius 3 is 1.24 bits per heavy atom. The van der Waals surface area contributed by atoms with Crippen LogP contribution in [0.2, 0.25) is 0 Å². The first-order valence-corrected chi connectivity index (χ1v) is 20.1. The van der Waals surface area contributed by atoms with Gasteiger partial charge in [-0.1, -0.05) is 75.5 Å². The van der Waals surface area contributed by atoms with Gasteiger partial charge in [0.05, 0.1) is 25.3 Å². The molecule has 0 aliphatic rings. The molecule has 66 heavy (non-hydrogen) atoms. The molecule has 0 saturated carbocycles. The van der Waals surface area contributed by atoms with Gasteiger partial charge in [-0.2, -0.15) is 0 Å². The van der Waals surface area contributed by atoms with Crippen molar-refractivity contribution in [2.45, 2.75) is 41.5 Å². The Morgan fingerprint density at radius 2 is 0.879 bits per heavy atom. The summed E-state index contributed by atoms with van der Waals surface area (Å²) in [6.07, 6.45) is 6.99. The minimum atomic E-state index is -0.518. The second-order valence-corrected chi connectivity index (χ2v) is 14.5. The summed E-state index contributed by atoms with van der Waals surface area (Å²) in [7, 11) is 6.27. The number of hydrogen-bond acceptors (Lipinski definition) is 10. The molecular formula is C52H54N4O10+2. The van der Waals surface area contributed by atoms with Crippen LogP contribution in [-0.2, 0) is 59.7 Å². The van der Waals surface area contributed by atoms with Crippen LogP contribution in [0.5, 0.6) is 11.5 Å². The molecule has 4 aromatic heterocycles. The van der Waals surface area contributed by atoms with E-state index >= 15 is 0 Å². The van der Waals surface area contributed by atoms with Crippen LogP contribution in [0.4, 0.5) is 0 Å². The van der Waals surface area contributed by atoms with E-state index in [1.165, 1.54) is 14.2 Å². The maximum absolute atomic E-state index is 12.5. The Hall–Kier alpha value is -8.26. The van der Waals surface area contributed by atoms with E-state index in [1.807, 2.05) is 124 Å². The highest BCUT2D eigenvalue weighted by Crippen LogP contribution is 2.28. The Balaban J connectivity index is 0.000000240. The van der Waals surface area contributed by atoms with E-state index in [0.717, 1.165) is 32.9 Å². The summed E-state index contributed by atoms with van der Waals surface area (Å²) in [5, 5.41) is 1.55. The summed E-state index contributed by atoms with van der Waals surface area (Å²) >= 11 is 0. The first-order valence-electron chi connectivity index (χ1n) is 20.1. The number of methoxy groups -OCH3 is 2. The average molecular weight is 895 g/mol. The number of nitrogens with zero attached hydrogens (tertiary/aromatic N) is 4. The predicted octanol–water partition coefficient (Wildman–Crippen LogP) is 8.56. The second-order valence-electron chi connectivity index (χ2n) is 14.5. The number of hydrogen-bond donors (Lipinski definition) is 0. The topological polar surface area (TPSA) is 141 Å². The molecular weight excluding hydrogens is 841 g/mol. The van der Waals surface area contributed by atoms with Gasteiger partial charge in [0.15, 0.2) is 38.2 Å². The van der Waals surface area contributed by atoms with Crippen molar-refractivity contribution < 1.29 is 56.7 Å². The van der Waals surface area contributed by atoms with Crippen molar-refractivity contribution in [2.24, 2.45) is 14.1 Å². The molecule has 0 aliphatic heterocycles. The van der Waals surface area contributed by atoms with E-state index in [-0.39, 0.29) is 39.7 Å². The molecule has 8 aromatic rings.